The summed E-state index contributed by atoms with van der Waals surface area (Å²) in [7, 11) is 0. The highest BCUT2D eigenvalue weighted by molar-refractivity contribution is 5.94. The Morgan fingerprint density at radius 1 is 1.35 bits per heavy atom. The van der Waals surface area contributed by atoms with Gasteiger partial charge in [-0.3, -0.25) is 9.59 Å². The second kappa shape index (κ2) is 6.38. The number of hydrogen-bond donors (Lipinski definition) is 2. The minimum absolute atomic E-state index is 0.106. The maximum Gasteiger partial charge on any atom is 0.255 e. The van der Waals surface area contributed by atoms with Gasteiger partial charge in [-0.2, -0.15) is 0 Å². The molecule has 3 N–H and O–H groups in total. The highest BCUT2D eigenvalue weighted by atomic mass is 16.5. The summed E-state index contributed by atoms with van der Waals surface area (Å²) < 4.78 is 5.13. The molecule has 0 aliphatic carbocycles. The van der Waals surface area contributed by atoms with E-state index < -0.39 is 12.0 Å². The van der Waals surface area contributed by atoms with E-state index in [-0.39, 0.29) is 12.5 Å². The molecule has 6 nitrogen and oxygen atoms in total. The third-order valence-corrected chi connectivity index (χ3v) is 3.17. The van der Waals surface area contributed by atoms with E-state index in [2.05, 4.69) is 0 Å². The molecule has 1 aliphatic rings. The van der Waals surface area contributed by atoms with Gasteiger partial charge in [0, 0.05) is 18.7 Å². The number of nitrogens with two attached hydrogens (primary N) is 1. The minimum atomic E-state index is -0.549. The van der Waals surface area contributed by atoms with Gasteiger partial charge in [0.15, 0.2) is 6.61 Å². The third kappa shape index (κ3) is 3.71. The predicted octanol–water partition coefficient (Wildman–Crippen LogP) is 0.148. The fourth-order valence-electron chi connectivity index (χ4n) is 2.17. The number of primary amides is 1. The summed E-state index contributed by atoms with van der Waals surface area (Å²) in [4.78, 5) is 24.5. The summed E-state index contributed by atoms with van der Waals surface area (Å²) in [6, 6.07) is 6.52. The quantitative estimate of drug-likeness (QED) is 0.819. The Balaban J connectivity index is 1.98. The molecule has 1 saturated heterocycles. The van der Waals surface area contributed by atoms with Crippen molar-refractivity contribution in [2.24, 2.45) is 5.73 Å². The van der Waals surface area contributed by atoms with E-state index >= 15 is 0 Å². The van der Waals surface area contributed by atoms with Crippen LogP contribution in [0.25, 0.3) is 0 Å². The molecule has 6 heteroatoms. The summed E-state index contributed by atoms with van der Waals surface area (Å²) >= 11 is 0. The molecule has 1 unspecified atom stereocenters. The Labute approximate surface area is 117 Å². The molecule has 0 radical (unpaired) electrons. The van der Waals surface area contributed by atoms with Gasteiger partial charge in [0.05, 0.1) is 6.10 Å². The van der Waals surface area contributed by atoms with Crippen molar-refractivity contribution >= 4 is 11.8 Å². The van der Waals surface area contributed by atoms with Crippen LogP contribution < -0.4 is 10.5 Å². The number of likely N-dealkylation sites (tertiary alicyclic amines) is 1. The number of β-amino-alcohol motifs (C(OH)–C–C–N with tert-alkyl or cyclic N) is 1. The number of hydrogen-bond acceptors (Lipinski definition) is 4. The second-order valence-corrected chi connectivity index (χ2v) is 4.83. The second-order valence-electron chi connectivity index (χ2n) is 4.83. The smallest absolute Gasteiger partial charge is 0.255 e. The molecule has 20 heavy (non-hydrogen) atoms. The molecule has 1 aromatic carbocycles. The van der Waals surface area contributed by atoms with Crippen molar-refractivity contribution in [3.63, 3.8) is 0 Å². The lowest BCUT2D eigenvalue weighted by Gasteiger charge is -2.30. The van der Waals surface area contributed by atoms with Crippen molar-refractivity contribution in [3.05, 3.63) is 29.8 Å². The fraction of sp³-hybridized carbons (Fsp3) is 0.429. The molecule has 0 spiro atoms. The van der Waals surface area contributed by atoms with Crippen LogP contribution in [-0.4, -0.2) is 47.6 Å². The van der Waals surface area contributed by atoms with Gasteiger partial charge in [0.2, 0.25) is 0 Å². The SMILES string of the molecule is NC(=O)COc1ccc(C(=O)N2CCCC(O)C2)cc1. The maximum absolute atomic E-state index is 12.2. The van der Waals surface area contributed by atoms with Crippen molar-refractivity contribution in [1.82, 2.24) is 4.90 Å². The van der Waals surface area contributed by atoms with Crippen molar-refractivity contribution in [1.29, 1.82) is 0 Å². The zero-order chi connectivity index (χ0) is 14.5. The Morgan fingerprint density at radius 3 is 2.65 bits per heavy atom. The molecule has 0 saturated carbocycles. The highest BCUT2D eigenvalue weighted by Crippen LogP contribution is 2.16. The van der Waals surface area contributed by atoms with Crippen molar-refractivity contribution < 1.29 is 19.4 Å². The lowest BCUT2D eigenvalue weighted by atomic mass is 10.1. The first-order valence-electron chi connectivity index (χ1n) is 6.55. The van der Waals surface area contributed by atoms with E-state index in [0.29, 0.717) is 24.4 Å². The lowest BCUT2D eigenvalue weighted by molar-refractivity contribution is -0.119. The average Bonchev–Trinajstić information content (AvgIpc) is 2.45. The monoisotopic (exact) mass is 278 g/mol. The topological polar surface area (TPSA) is 92.9 Å². The summed E-state index contributed by atoms with van der Waals surface area (Å²) in [6.45, 7) is 0.847. The predicted molar refractivity (Wildman–Crippen MR) is 72.3 cm³/mol. The summed E-state index contributed by atoms with van der Waals surface area (Å²) in [5.41, 5.74) is 5.51. The Hall–Kier alpha value is -2.08. The van der Waals surface area contributed by atoms with Gasteiger partial charge in [-0.1, -0.05) is 0 Å². The van der Waals surface area contributed by atoms with Crippen molar-refractivity contribution in [2.45, 2.75) is 18.9 Å². The Kier molecular flexibility index (Phi) is 4.57. The molecule has 0 aromatic heterocycles. The van der Waals surface area contributed by atoms with E-state index in [9.17, 15) is 14.7 Å². The van der Waals surface area contributed by atoms with Crippen molar-refractivity contribution in [2.75, 3.05) is 19.7 Å². The van der Waals surface area contributed by atoms with Gasteiger partial charge < -0.3 is 20.5 Å². The first kappa shape index (κ1) is 14.3. The summed E-state index contributed by atoms with van der Waals surface area (Å²) in [5.74, 6) is -0.170. The number of carbonyl (C=O) groups excluding carboxylic acids is 2. The van der Waals surface area contributed by atoms with Crippen LogP contribution in [0.5, 0.6) is 5.75 Å². The van der Waals surface area contributed by atoms with Crippen LogP contribution in [0.3, 0.4) is 0 Å². The molecule has 1 atom stereocenters. The first-order chi connectivity index (χ1) is 9.56. The highest BCUT2D eigenvalue weighted by Gasteiger charge is 2.22. The normalized spacial score (nSPS) is 18.6. The molecule has 2 rings (SSSR count). The number of ether oxygens (including phenoxy) is 1. The molecular formula is C14H18N2O4. The lowest BCUT2D eigenvalue weighted by Crippen LogP contribution is -2.42. The van der Waals surface area contributed by atoms with E-state index in [1.54, 1.807) is 29.2 Å². The molecule has 1 aliphatic heterocycles. The molecular weight excluding hydrogens is 260 g/mol. The van der Waals surface area contributed by atoms with Crippen LogP contribution in [0.2, 0.25) is 0 Å². The minimum Gasteiger partial charge on any atom is -0.484 e. The number of rotatable bonds is 4. The average molecular weight is 278 g/mol. The van der Waals surface area contributed by atoms with Crippen LogP contribution in [0, 0.1) is 0 Å². The number of aliphatic hydroxyl groups excluding tert-OH is 1. The van der Waals surface area contributed by atoms with Gasteiger partial charge in [-0.25, -0.2) is 0 Å². The number of nitrogens with zero attached hydrogens (tertiary/aromatic N) is 1. The van der Waals surface area contributed by atoms with E-state index in [0.717, 1.165) is 12.8 Å². The molecule has 0 bridgehead atoms. The number of aliphatic hydroxyl groups is 1. The number of carbonyl (C=O) groups is 2. The van der Waals surface area contributed by atoms with Crippen LogP contribution in [0.15, 0.2) is 24.3 Å². The molecule has 1 aromatic rings. The van der Waals surface area contributed by atoms with Gasteiger partial charge >= 0.3 is 0 Å². The van der Waals surface area contributed by atoms with Crippen LogP contribution in [0.4, 0.5) is 0 Å². The molecule has 2 amide bonds. The van der Waals surface area contributed by atoms with E-state index in [1.807, 2.05) is 0 Å². The van der Waals surface area contributed by atoms with Gasteiger partial charge in [0.25, 0.3) is 11.8 Å². The summed E-state index contributed by atoms with van der Waals surface area (Å²) in [6.07, 6.45) is 1.11. The Bertz CT molecular complexity index is 486. The van der Waals surface area contributed by atoms with E-state index in [1.165, 1.54) is 0 Å². The third-order valence-electron chi connectivity index (χ3n) is 3.17. The van der Waals surface area contributed by atoms with Gasteiger partial charge in [-0.15, -0.1) is 0 Å². The van der Waals surface area contributed by atoms with Gasteiger partial charge in [-0.05, 0) is 37.1 Å². The largest absolute Gasteiger partial charge is 0.484 e. The zero-order valence-corrected chi connectivity index (χ0v) is 11.1. The van der Waals surface area contributed by atoms with Crippen LogP contribution in [0.1, 0.15) is 23.2 Å². The van der Waals surface area contributed by atoms with Crippen LogP contribution >= 0.6 is 0 Å². The summed E-state index contributed by atoms with van der Waals surface area (Å²) in [5, 5.41) is 9.58. The fourth-order valence-corrected chi connectivity index (χ4v) is 2.17. The number of amides is 2. The number of piperidine rings is 1. The van der Waals surface area contributed by atoms with Crippen LogP contribution in [-0.2, 0) is 4.79 Å². The molecule has 1 heterocycles. The maximum atomic E-state index is 12.2. The Morgan fingerprint density at radius 2 is 2.05 bits per heavy atom. The molecule has 1 fully saturated rings. The van der Waals surface area contributed by atoms with E-state index in [4.69, 9.17) is 10.5 Å². The van der Waals surface area contributed by atoms with Crippen molar-refractivity contribution in [3.8, 4) is 5.75 Å². The molecule has 108 valence electrons. The van der Waals surface area contributed by atoms with Gasteiger partial charge in [0.1, 0.15) is 5.75 Å². The standard InChI is InChI=1S/C14H18N2O4/c15-13(18)9-20-12-5-3-10(4-6-12)14(19)16-7-1-2-11(17)8-16/h3-6,11,17H,1-2,7-9H2,(H2,15,18). The zero-order valence-electron chi connectivity index (χ0n) is 11.1. The first-order valence-corrected chi connectivity index (χ1v) is 6.55. The number of benzene rings is 1.